The minimum Gasteiger partial charge on any atom is -0.365 e. The number of hydrogen-bond acceptors (Lipinski definition) is 4. The van der Waals surface area contributed by atoms with Gasteiger partial charge in [0, 0.05) is 11.6 Å². The van der Waals surface area contributed by atoms with E-state index in [0.717, 1.165) is 5.56 Å². The fourth-order valence-electron chi connectivity index (χ4n) is 1.44. The van der Waals surface area contributed by atoms with Crippen LogP contribution >= 0.6 is 23.2 Å². The second-order valence-electron chi connectivity index (χ2n) is 3.49. The maximum absolute atomic E-state index is 10.9. The molecule has 0 aliphatic heterocycles. The van der Waals surface area contributed by atoms with Gasteiger partial charge in [-0.1, -0.05) is 41.4 Å². The lowest BCUT2D eigenvalue weighted by Gasteiger charge is -2.09. The molecule has 92 valence electrons. The zero-order chi connectivity index (χ0) is 13.0. The van der Waals surface area contributed by atoms with Crippen molar-refractivity contribution in [2.75, 3.05) is 5.32 Å². The van der Waals surface area contributed by atoms with E-state index in [1.807, 2.05) is 18.2 Å². The van der Waals surface area contributed by atoms with Crippen molar-refractivity contribution in [2.45, 2.75) is 6.54 Å². The van der Waals surface area contributed by atoms with Gasteiger partial charge >= 0.3 is 0 Å². The Morgan fingerprint density at radius 3 is 2.72 bits per heavy atom. The molecule has 0 amide bonds. The predicted molar refractivity (Wildman–Crippen MR) is 71.2 cm³/mol. The van der Waals surface area contributed by atoms with Crippen molar-refractivity contribution in [1.82, 2.24) is 9.97 Å². The number of nitrogens with one attached hydrogen (secondary N) is 1. The molecule has 1 aromatic heterocycles. The van der Waals surface area contributed by atoms with Crippen molar-refractivity contribution in [1.29, 1.82) is 0 Å². The van der Waals surface area contributed by atoms with E-state index in [9.17, 15) is 4.79 Å². The van der Waals surface area contributed by atoms with Crippen molar-refractivity contribution >= 4 is 35.3 Å². The number of carbonyl (C=O) groups excluding carboxylic acids is 1. The minimum absolute atomic E-state index is 0.127. The molecular weight excluding hydrogens is 273 g/mol. The standard InChI is InChI=1S/C12H9Cl2N3O/c13-10-4-2-1-3-8(10)5-15-12-9(6-18)11(14)16-7-17-12/h1-4,6-7H,5H2,(H,15,16,17). The van der Waals surface area contributed by atoms with Crippen molar-refractivity contribution in [3.8, 4) is 0 Å². The summed E-state index contributed by atoms with van der Waals surface area (Å²) < 4.78 is 0. The zero-order valence-corrected chi connectivity index (χ0v) is 10.7. The Hall–Kier alpha value is -1.65. The number of anilines is 1. The molecule has 0 aliphatic carbocycles. The summed E-state index contributed by atoms with van der Waals surface area (Å²) >= 11 is 11.8. The van der Waals surface area contributed by atoms with Crippen LogP contribution in [0.1, 0.15) is 15.9 Å². The van der Waals surface area contributed by atoms with Crippen LogP contribution in [0.25, 0.3) is 0 Å². The van der Waals surface area contributed by atoms with Crippen LogP contribution in [0.15, 0.2) is 30.6 Å². The van der Waals surface area contributed by atoms with E-state index in [1.54, 1.807) is 6.07 Å². The van der Waals surface area contributed by atoms with Gasteiger partial charge in [-0.25, -0.2) is 9.97 Å². The average Bonchev–Trinajstić information content (AvgIpc) is 2.38. The molecule has 0 atom stereocenters. The Morgan fingerprint density at radius 2 is 2.00 bits per heavy atom. The number of carbonyl (C=O) groups is 1. The largest absolute Gasteiger partial charge is 0.365 e. The quantitative estimate of drug-likeness (QED) is 0.691. The first-order valence-electron chi connectivity index (χ1n) is 5.15. The Bertz CT molecular complexity index is 575. The summed E-state index contributed by atoms with van der Waals surface area (Å²) in [5.74, 6) is 0.393. The van der Waals surface area contributed by atoms with E-state index >= 15 is 0 Å². The van der Waals surface area contributed by atoms with Gasteiger partial charge in [-0.15, -0.1) is 0 Å². The van der Waals surface area contributed by atoms with Gasteiger partial charge in [0.1, 0.15) is 17.3 Å². The van der Waals surface area contributed by atoms with Gasteiger partial charge in [0.05, 0.1) is 5.56 Å². The van der Waals surface area contributed by atoms with Crippen LogP contribution < -0.4 is 5.32 Å². The van der Waals surface area contributed by atoms with Crippen LogP contribution in [0, 0.1) is 0 Å². The highest BCUT2D eigenvalue weighted by Gasteiger charge is 2.09. The summed E-state index contributed by atoms with van der Waals surface area (Å²) in [7, 11) is 0. The molecule has 1 N–H and O–H groups in total. The highest BCUT2D eigenvalue weighted by atomic mass is 35.5. The molecule has 2 aromatic rings. The van der Waals surface area contributed by atoms with Crippen molar-refractivity contribution < 1.29 is 4.79 Å². The fraction of sp³-hybridized carbons (Fsp3) is 0.0833. The van der Waals surface area contributed by atoms with E-state index in [1.165, 1.54) is 6.33 Å². The Balaban J connectivity index is 2.18. The molecule has 0 saturated carbocycles. The lowest BCUT2D eigenvalue weighted by Crippen LogP contribution is -2.06. The number of aldehydes is 1. The highest BCUT2D eigenvalue weighted by molar-refractivity contribution is 6.32. The molecule has 1 heterocycles. The maximum atomic E-state index is 10.9. The average molecular weight is 282 g/mol. The lowest BCUT2D eigenvalue weighted by molar-refractivity contribution is 0.112. The van der Waals surface area contributed by atoms with Gasteiger partial charge in [0.2, 0.25) is 0 Å². The number of rotatable bonds is 4. The number of aromatic nitrogens is 2. The topological polar surface area (TPSA) is 54.9 Å². The van der Waals surface area contributed by atoms with Gasteiger partial charge in [-0.05, 0) is 11.6 Å². The van der Waals surface area contributed by atoms with Crippen LogP contribution in [0.4, 0.5) is 5.82 Å². The van der Waals surface area contributed by atoms with Gasteiger partial charge < -0.3 is 5.32 Å². The monoisotopic (exact) mass is 281 g/mol. The summed E-state index contributed by atoms with van der Waals surface area (Å²) in [4.78, 5) is 18.6. The van der Waals surface area contributed by atoms with Crippen LogP contribution in [-0.2, 0) is 6.54 Å². The molecule has 4 nitrogen and oxygen atoms in total. The summed E-state index contributed by atoms with van der Waals surface area (Å²) in [5.41, 5.74) is 1.15. The first kappa shape index (κ1) is 12.8. The first-order valence-corrected chi connectivity index (χ1v) is 5.91. The first-order chi connectivity index (χ1) is 8.72. The van der Waals surface area contributed by atoms with Gasteiger partial charge in [-0.3, -0.25) is 4.79 Å². The molecule has 6 heteroatoms. The van der Waals surface area contributed by atoms with Gasteiger partial charge in [-0.2, -0.15) is 0 Å². The molecule has 2 rings (SSSR count). The maximum Gasteiger partial charge on any atom is 0.156 e. The molecule has 0 fully saturated rings. The molecule has 0 aliphatic rings. The number of benzene rings is 1. The molecule has 0 bridgehead atoms. The van der Waals surface area contributed by atoms with E-state index in [-0.39, 0.29) is 10.7 Å². The minimum atomic E-state index is 0.127. The molecule has 18 heavy (non-hydrogen) atoms. The lowest BCUT2D eigenvalue weighted by atomic mass is 10.2. The van der Waals surface area contributed by atoms with E-state index < -0.39 is 0 Å². The van der Waals surface area contributed by atoms with Crippen LogP contribution in [0.5, 0.6) is 0 Å². The summed E-state index contributed by atoms with van der Waals surface area (Å²) in [6, 6.07) is 7.42. The second kappa shape index (κ2) is 5.80. The van der Waals surface area contributed by atoms with Gasteiger partial charge in [0.25, 0.3) is 0 Å². The fourth-order valence-corrected chi connectivity index (χ4v) is 1.82. The number of nitrogens with zero attached hydrogens (tertiary/aromatic N) is 2. The van der Waals surface area contributed by atoms with Crippen LogP contribution in [-0.4, -0.2) is 16.3 Å². The van der Waals surface area contributed by atoms with Crippen molar-refractivity contribution in [2.24, 2.45) is 0 Å². The molecule has 0 radical (unpaired) electrons. The SMILES string of the molecule is O=Cc1c(Cl)ncnc1NCc1ccccc1Cl. The second-order valence-corrected chi connectivity index (χ2v) is 4.25. The van der Waals surface area contributed by atoms with E-state index in [0.29, 0.717) is 23.7 Å². The van der Waals surface area contributed by atoms with E-state index in [4.69, 9.17) is 23.2 Å². The number of halogens is 2. The zero-order valence-electron chi connectivity index (χ0n) is 9.23. The summed E-state index contributed by atoms with van der Waals surface area (Å²) in [5, 5.41) is 3.79. The third-order valence-corrected chi connectivity index (χ3v) is 3.03. The Labute approximate surface area is 114 Å². The summed E-state index contributed by atoms with van der Waals surface area (Å²) in [6.07, 6.45) is 1.92. The Kier molecular flexibility index (Phi) is 4.12. The Morgan fingerprint density at radius 1 is 1.22 bits per heavy atom. The van der Waals surface area contributed by atoms with Crippen molar-refractivity contribution in [3.63, 3.8) is 0 Å². The highest BCUT2D eigenvalue weighted by Crippen LogP contribution is 2.20. The number of hydrogen-bond donors (Lipinski definition) is 1. The predicted octanol–water partition coefficient (Wildman–Crippen LogP) is 3.21. The molecule has 1 aromatic carbocycles. The van der Waals surface area contributed by atoms with Crippen LogP contribution in [0.3, 0.4) is 0 Å². The third-order valence-electron chi connectivity index (χ3n) is 2.36. The third kappa shape index (κ3) is 2.78. The van der Waals surface area contributed by atoms with Crippen LogP contribution in [0.2, 0.25) is 10.2 Å². The molecule has 0 spiro atoms. The summed E-state index contributed by atoms with van der Waals surface area (Å²) in [6.45, 7) is 0.452. The molecule has 0 saturated heterocycles. The molecule has 0 unspecified atom stereocenters. The van der Waals surface area contributed by atoms with Gasteiger partial charge in [0.15, 0.2) is 6.29 Å². The van der Waals surface area contributed by atoms with E-state index in [2.05, 4.69) is 15.3 Å². The smallest absolute Gasteiger partial charge is 0.156 e. The van der Waals surface area contributed by atoms with Crippen molar-refractivity contribution in [3.05, 3.63) is 51.9 Å². The molecular formula is C12H9Cl2N3O. The normalized spacial score (nSPS) is 10.1.